The van der Waals surface area contributed by atoms with E-state index in [4.69, 9.17) is 11.6 Å². The van der Waals surface area contributed by atoms with Crippen molar-refractivity contribution >= 4 is 29.2 Å². The molecule has 7 nitrogen and oxygen atoms in total. The molecular weight excluding hydrogens is 500 g/mol. The largest absolute Gasteiger partial charge is 0.507 e. The van der Waals surface area contributed by atoms with Crippen LogP contribution in [-0.2, 0) is 6.42 Å². The van der Waals surface area contributed by atoms with E-state index in [0.717, 1.165) is 36.9 Å². The van der Waals surface area contributed by atoms with Gasteiger partial charge < -0.3 is 15.7 Å². The fraction of sp³-hybridized carbons (Fsp3) is 0.233. The number of carbonyl (C=O) groups excluding carboxylic acids is 2. The van der Waals surface area contributed by atoms with Gasteiger partial charge in [-0.2, -0.15) is 9.78 Å². The van der Waals surface area contributed by atoms with Crippen LogP contribution in [0.1, 0.15) is 53.2 Å². The van der Waals surface area contributed by atoms with Crippen LogP contribution in [0.4, 0.5) is 10.5 Å². The molecule has 4 aromatic rings. The standard InChI is InChI=1S/C30H29ClN4O3/c31-25-13-7-6-12-23(25)29(37)33-22-14-15-28(36)24(18-22)26-19-27(21-10-4-5-11-21)35(34-26)30(38)32-17-16-20-8-2-1-3-9-20/h1-3,6-9,12-15,18-19,21,36H,4-5,10-11,16-17H2,(H,32,38)(H,33,37). The molecule has 0 atom stereocenters. The molecule has 8 heteroatoms. The summed E-state index contributed by atoms with van der Waals surface area (Å²) in [6, 6.07) is 23.1. The average Bonchev–Trinajstić information content (AvgIpc) is 3.61. The summed E-state index contributed by atoms with van der Waals surface area (Å²) >= 11 is 6.17. The molecule has 0 radical (unpaired) electrons. The highest BCUT2D eigenvalue weighted by molar-refractivity contribution is 6.34. The van der Waals surface area contributed by atoms with E-state index in [1.54, 1.807) is 36.4 Å². The van der Waals surface area contributed by atoms with Gasteiger partial charge in [-0.3, -0.25) is 4.79 Å². The van der Waals surface area contributed by atoms with Crippen LogP contribution in [0.25, 0.3) is 11.3 Å². The molecule has 1 aliphatic rings. The van der Waals surface area contributed by atoms with Crippen LogP contribution in [0.3, 0.4) is 0 Å². The first-order chi connectivity index (χ1) is 18.5. The Balaban J connectivity index is 1.39. The molecular formula is C30H29ClN4O3. The fourth-order valence-electron chi connectivity index (χ4n) is 4.90. The number of halogens is 1. The van der Waals surface area contributed by atoms with Crippen LogP contribution in [0.2, 0.25) is 5.02 Å². The van der Waals surface area contributed by atoms with E-state index < -0.39 is 0 Å². The number of rotatable bonds is 7. The number of anilines is 1. The number of nitrogens with one attached hydrogen (secondary N) is 2. The third-order valence-corrected chi connectivity index (χ3v) is 7.21. The maximum atomic E-state index is 13.2. The van der Waals surface area contributed by atoms with Crippen molar-refractivity contribution in [2.75, 3.05) is 11.9 Å². The zero-order valence-electron chi connectivity index (χ0n) is 20.9. The first kappa shape index (κ1) is 25.5. The molecule has 5 rings (SSSR count). The minimum Gasteiger partial charge on any atom is -0.507 e. The van der Waals surface area contributed by atoms with E-state index in [9.17, 15) is 14.7 Å². The van der Waals surface area contributed by atoms with Crippen LogP contribution in [0.5, 0.6) is 5.75 Å². The van der Waals surface area contributed by atoms with Crippen LogP contribution < -0.4 is 10.6 Å². The highest BCUT2D eigenvalue weighted by Gasteiger charge is 2.26. The number of hydrogen-bond donors (Lipinski definition) is 3. The zero-order valence-corrected chi connectivity index (χ0v) is 21.6. The van der Waals surface area contributed by atoms with Crippen molar-refractivity contribution in [3.05, 3.63) is 101 Å². The average molecular weight is 529 g/mol. The Morgan fingerprint density at radius 1 is 0.974 bits per heavy atom. The Morgan fingerprint density at radius 2 is 1.71 bits per heavy atom. The third-order valence-electron chi connectivity index (χ3n) is 6.88. The molecule has 1 saturated carbocycles. The summed E-state index contributed by atoms with van der Waals surface area (Å²) in [7, 11) is 0. The van der Waals surface area contributed by atoms with Crippen molar-refractivity contribution < 1.29 is 14.7 Å². The number of aromatic hydroxyl groups is 1. The van der Waals surface area contributed by atoms with Gasteiger partial charge in [0, 0.05) is 23.7 Å². The number of amides is 2. The lowest BCUT2D eigenvalue weighted by atomic mass is 10.0. The van der Waals surface area contributed by atoms with Crippen LogP contribution in [-0.4, -0.2) is 33.4 Å². The highest BCUT2D eigenvalue weighted by Crippen LogP contribution is 2.38. The fourth-order valence-corrected chi connectivity index (χ4v) is 5.12. The molecule has 1 fully saturated rings. The lowest BCUT2D eigenvalue weighted by Crippen LogP contribution is -2.32. The van der Waals surface area contributed by atoms with Crippen molar-refractivity contribution in [1.29, 1.82) is 0 Å². The van der Waals surface area contributed by atoms with Crippen molar-refractivity contribution in [3.63, 3.8) is 0 Å². The molecule has 3 N–H and O–H groups in total. The number of aromatic nitrogens is 2. The SMILES string of the molecule is O=C(Nc1ccc(O)c(-c2cc(C3CCCC3)n(C(=O)NCCc3ccccc3)n2)c1)c1ccccc1Cl. The smallest absolute Gasteiger partial charge is 0.342 e. The summed E-state index contributed by atoms with van der Waals surface area (Å²) in [4.78, 5) is 26.0. The summed E-state index contributed by atoms with van der Waals surface area (Å²) < 4.78 is 1.44. The number of phenolic OH excluding ortho intramolecular Hbond substituents is 1. The van der Waals surface area contributed by atoms with Crippen molar-refractivity contribution in [2.45, 2.75) is 38.0 Å². The molecule has 194 valence electrons. The minimum atomic E-state index is -0.359. The molecule has 1 heterocycles. The second-order valence-corrected chi connectivity index (χ2v) is 9.89. The van der Waals surface area contributed by atoms with Crippen LogP contribution in [0, 0.1) is 0 Å². The molecule has 0 aliphatic heterocycles. The molecule has 0 saturated heterocycles. The zero-order chi connectivity index (χ0) is 26.5. The molecule has 38 heavy (non-hydrogen) atoms. The maximum Gasteiger partial charge on any atom is 0.342 e. The third kappa shape index (κ3) is 5.73. The number of benzene rings is 3. The van der Waals surface area contributed by atoms with Gasteiger partial charge in [0.25, 0.3) is 5.91 Å². The predicted octanol–water partition coefficient (Wildman–Crippen LogP) is 6.62. The van der Waals surface area contributed by atoms with E-state index in [1.165, 1.54) is 10.7 Å². The van der Waals surface area contributed by atoms with Gasteiger partial charge in [-0.1, -0.05) is 66.9 Å². The lowest BCUT2D eigenvalue weighted by molar-refractivity contribution is 0.102. The number of hydrogen-bond acceptors (Lipinski definition) is 4. The Morgan fingerprint density at radius 3 is 2.47 bits per heavy atom. The Hall–Kier alpha value is -4.10. The normalized spacial score (nSPS) is 13.4. The summed E-state index contributed by atoms with van der Waals surface area (Å²) in [5, 5.41) is 21.4. The lowest BCUT2D eigenvalue weighted by Gasteiger charge is -2.12. The topological polar surface area (TPSA) is 96.2 Å². The van der Waals surface area contributed by atoms with Gasteiger partial charge in [0.1, 0.15) is 5.75 Å². The Labute approximate surface area is 226 Å². The first-order valence-corrected chi connectivity index (χ1v) is 13.2. The highest BCUT2D eigenvalue weighted by atomic mass is 35.5. The van der Waals surface area contributed by atoms with Crippen LogP contribution >= 0.6 is 11.6 Å². The van der Waals surface area contributed by atoms with Crippen molar-refractivity contribution in [1.82, 2.24) is 15.1 Å². The first-order valence-electron chi connectivity index (χ1n) is 12.8. The van der Waals surface area contributed by atoms with Gasteiger partial charge in [-0.05, 0) is 61.2 Å². The summed E-state index contributed by atoms with van der Waals surface area (Å²) in [5.41, 5.74) is 3.70. The maximum absolute atomic E-state index is 13.2. The molecule has 0 bridgehead atoms. The molecule has 3 aromatic carbocycles. The quantitative estimate of drug-likeness (QED) is 0.235. The summed E-state index contributed by atoms with van der Waals surface area (Å²) in [5.74, 6) is -0.128. The Bertz CT molecular complexity index is 1450. The molecule has 1 aliphatic carbocycles. The van der Waals surface area contributed by atoms with E-state index >= 15 is 0 Å². The minimum absolute atomic E-state index is 0.00727. The molecule has 0 spiro atoms. The second kappa shape index (κ2) is 11.5. The van der Waals surface area contributed by atoms with Gasteiger partial charge >= 0.3 is 6.03 Å². The molecule has 1 aromatic heterocycles. The number of nitrogens with zero attached hydrogens (tertiary/aromatic N) is 2. The summed E-state index contributed by atoms with van der Waals surface area (Å²) in [6.07, 6.45) is 4.91. The van der Waals surface area contributed by atoms with Crippen molar-refractivity contribution in [2.24, 2.45) is 0 Å². The molecule has 0 unspecified atom stereocenters. The van der Waals surface area contributed by atoms with Gasteiger partial charge in [-0.15, -0.1) is 0 Å². The Kier molecular flexibility index (Phi) is 7.75. The molecule has 2 amide bonds. The van der Waals surface area contributed by atoms with Crippen LogP contribution in [0.15, 0.2) is 78.9 Å². The van der Waals surface area contributed by atoms with Crippen molar-refractivity contribution in [3.8, 4) is 17.0 Å². The van der Waals surface area contributed by atoms with Gasteiger partial charge in [-0.25, -0.2) is 4.79 Å². The monoisotopic (exact) mass is 528 g/mol. The summed E-state index contributed by atoms with van der Waals surface area (Å²) in [6.45, 7) is 0.483. The van der Waals surface area contributed by atoms with Gasteiger partial charge in [0.15, 0.2) is 0 Å². The predicted molar refractivity (Wildman–Crippen MR) is 149 cm³/mol. The number of carbonyl (C=O) groups is 2. The van der Waals surface area contributed by atoms with E-state index in [1.807, 2.05) is 36.4 Å². The van der Waals surface area contributed by atoms with Gasteiger partial charge in [0.05, 0.1) is 22.0 Å². The van der Waals surface area contributed by atoms with Gasteiger partial charge in [0.2, 0.25) is 0 Å². The van der Waals surface area contributed by atoms with E-state index in [0.29, 0.717) is 40.5 Å². The van der Waals surface area contributed by atoms with E-state index in [-0.39, 0.29) is 23.6 Å². The second-order valence-electron chi connectivity index (χ2n) is 9.48. The number of phenols is 1. The van der Waals surface area contributed by atoms with E-state index in [2.05, 4.69) is 15.7 Å².